The van der Waals surface area contributed by atoms with Crippen LogP contribution in [-0.2, 0) is 25.4 Å². The second-order valence-corrected chi connectivity index (χ2v) is 13.1. The molecule has 0 amide bonds. The molecule has 0 fully saturated rings. The minimum atomic E-state index is -4.03. The molecule has 0 spiro atoms. The van der Waals surface area contributed by atoms with Crippen LogP contribution in [0.3, 0.4) is 0 Å². The van der Waals surface area contributed by atoms with Gasteiger partial charge in [0.05, 0.1) is 17.8 Å². The first-order valence-corrected chi connectivity index (χ1v) is 13.2. The Morgan fingerprint density at radius 3 is 1.94 bits per heavy atom. The third-order valence-electron chi connectivity index (χ3n) is 5.42. The molecule has 0 aromatic heterocycles. The third-order valence-corrected chi connectivity index (χ3v) is 7.10. The summed E-state index contributed by atoms with van der Waals surface area (Å²) in [5.41, 5.74) is 1.99. The van der Waals surface area contributed by atoms with Gasteiger partial charge in [-0.05, 0) is 64.3 Å². The van der Waals surface area contributed by atoms with Crippen molar-refractivity contribution in [1.29, 1.82) is 5.26 Å². The Hall–Kier alpha value is -3.04. The van der Waals surface area contributed by atoms with Gasteiger partial charge >= 0.3 is 0 Å². The molecule has 2 aromatic rings. The van der Waals surface area contributed by atoms with E-state index in [4.69, 9.17) is 4.74 Å². The van der Waals surface area contributed by atoms with E-state index in [1.807, 2.05) is 47.6 Å². The molecule has 2 rings (SSSR count). The van der Waals surface area contributed by atoms with Crippen LogP contribution in [0, 0.1) is 17.2 Å². The molecule has 0 bridgehead atoms. The third kappa shape index (κ3) is 7.22. The Labute approximate surface area is 210 Å². The van der Waals surface area contributed by atoms with E-state index >= 15 is 0 Å². The van der Waals surface area contributed by atoms with Gasteiger partial charge in [-0.25, -0.2) is 8.42 Å². The van der Waals surface area contributed by atoms with Gasteiger partial charge in [-0.1, -0.05) is 67.5 Å². The first-order valence-electron chi connectivity index (χ1n) is 11.7. The Morgan fingerprint density at radius 1 is 1.00 bits per heavy atom. The van der Waals surface area contributed by atoms with Gasteiger partial charge in [0.25, 0.3) is 0 Å². The second kappa shape index (κ2) is 10.7. The Bertz CT molecular complexity index is 1210. The molecular formula is C29H37NO4S. The highest BCUT2D eigenvalue weighted by Gasteiger charge is 2.27. The maximum atomic E-state index is 13.3. The number of allylic oxidation sites excluding steroid dienone is 1. The lowest BCUT2D eigenvalue weighted by Gasteiger charge is -2.28. The number of nitrogens with zero attached hydrogens (tertiary/aromatic N) is 1. The normalized spacial score (nSPS) is 13.3. The van der Waals surface area contributed by atoms with Crippen molar-refractivity contribution in [2.45, 2.75) is 71.1 Å². The van der Waals surface area contributed by atoms with Gasteiger partial charge in [-0.3, -0.25) is 0 Å². The average Bonchev–Trinajstić information content (AvgIpc) is 2.74. The molecule has 0 saturated carbocycles. The summed E-state index contributed by atoms with van der Waals surface area (Å²) in [5, 5.41) is 20.7. The highest BCUT2D eigenvalue weighted by Crippen LogP contribution is 2.40. The summed E-state index contributed by atoms with van der Waals surface area (Å²) < 4.78 is 31.9. The van der Waals surface area contributed by atoms with E-state index in [2.05, 4.69) is 13.8 Å². The van der Waals surface area contributed by atoms with Crippen molar-refractivity contribution >= 4 is 22.0 Å². The number of benzene rings is 2. The average molecular weight is 496 g/mol. The first-order chi connectivity index (χ1) is 16.1. The fraction of sp³-hybridized carbons (Fsp3) is 0.414. The van der Waals surface area contributed by atoms with Crippen molar-refractivity contribution in [1.82, 2.24) is 0 Å². The van der Waals surface area contributed by atoms with Crippen molar-refractivity contribution in [3.8, 4) is 11.8 Å². The Balaban J connectivity index is 2.50. The number of phenolic OH excluding ortho intramolecular Hbond substituents is 1. The molecule has 2 aromatic carbocycles. The van der Waals surface area contributed by atoms with Crippen LogP contribution in [0.4, 0.5) is 0 Å². The maximum Gasteiger partial charge on any atom is 0.216 e. The summed E-state index contributed by atoms with van der Waals surface area (Å²) in [6, 6.07) is 11.7. The summed E-state index contributed by atoms with van der Waals surface area (Å²) in [4.78, 5) is -0.317. The molecule has 5 nitrogen and oxygen atoms in total. The fourth-order valence-electron chi connectivity index (χ4n) is 3.46. The minimum absolute atomic E-state index is 0.0383. The highest BCUT2D eigenvalue weighted by molar-refractivity contribution is 7.95. The van der Waals surface area contributed by atoms with E-state index < -0.39 is 9.84 Å². The van der Waals surface area contributed by atoms with Crippen LogP contribution in [0.2, 0.25) is 0 Å². The van der Waals surface area contributed by atoms with Gasteiger partial charge in [0.2, 0.25) is 9.84 Å². The zero-order valence-electron chi connectivity index (χ0n) is 22.0. The van der Waals surface area contributed by atoms with Crippen molar-refractivity contribution in [3.05, 3.63) is 69.8 Å². The van der Waals surface area contributed by atoms with Crippen molar-refractivity contribution < 1.29 is 18.3 Å². The summed E-state index contributed by atoms with van der Waals surface area (Å²) in [5.74, 6) is 0.612. The molecule has 0 atom stereocenters. The number of hydrogen-bond acceptors (Lipinski definition) is 5. The number of hydrogen-bond donors (Lipinski definition) is 1. The smallest absolute Gasteiger partial charge is 0.216 e. The topological polar surface area (TPSA) is 87.4 Å². The zero-order valence-corrected chi connectivity index (χ0v) is 22.8. The predicted octanol–water partition coefficient (Wildman–Crippen LogP) is 6.97. The lowest BCUT2D eigenvalue weighted by Crippen LogP contribution is -2.17. The Kier molecular flexibility index (Phi) is 8.62. The molecule has 0 heterocycles. The molecule has 0 unspecified atom stereocenters. The van der Waals surface area contributed by atoms with Gasteiger partial charge in [0, 0.05) is 11.1 Å². The quantitative estimate of drug-likeness (QED) is 0.331. The second-order valence-electron chi connectivity index (χ2n) is 11.2. The van der Waals surface area contributed by atoms with Crippen molar-refractivity contribution in [3.63, 3.8) is 0 Å². The van der Waals surface area contributed by atoms with Crippen LogP contribution in [0.15, 0.2) is 52.5 Å². The zero-order chi connectivity index (χ0) is 26.6. The highest BCUT2D eigenvalue weighted by atomic mass is 32.2. The molecular weight excluding hydrogens is 458 g/mol. The largest absolute Gasteiger partial charge is 0.507 e. The molecule has 0 saturated heterocycles. The molecule has 0 aliphatic carbocycles. The van der Waals surface area contributed by atoms with Gasteiger partial charge in [-0.15, -0.1) is 0 Å². The number of ether oxygens (including phenoxy) is 1. The molecule has 6 heteroatoms. The number of sulfone groups is 1. The molecule has 0 aliphatic heterocycles. The lowest BCUT2D eigenvalue weighted by molar-refractivity contribution is 0.213. The first kappa shape index (κ1) is 28.2. The number of aromatic hydroxyl groups is 1. The van der Waals surface area contributed by atoms with Gasteiger partial charge in [-0.2, -0.15) is 5.26 Å². The van der Waals surface area contributed by atoms with E-state index in [0.29, 0.717) is 29.2 Å². The summed E-state index contributed by atoms with van der Waals surface area (Å²) in [6.07, 6.45) is 4.74. The van der Waals surface area contributed by atoms with Gasteiger partial charge in [0.1, 0.15) is 16.7 Å². The lowest BCUT2D eigenvalue weighted by atomic mass is 9.78. The fourth-order valence-corrected chi connectivity index (χ4v) is 4.62. The molecule has 1 N–H and O–H groups in total. The van der Waals surface area contributed by atoms with E-state index in [0.717, 1.165) is 5.56 Å². The van der Waals surface area contributed by atoms with E-state index in [1.54, 1.807) is 36.6 Å². The molecule has 0 radical (unpaired) electrons. The SMILES string of the molecule is CC(C)CO/C=C/c1ccc(S(=O)(=O)/C(C#N)=C\c2cc(C(C)(C)C)c(O)c(C(C)(C)C)c2)cc1. The predicted molar refractivity (Wildman–Crippen MR) is 143 cm³/mol. The Morgan fingerprint density at radius 2 is 1.51 bits per heavy atom. The summed E-state index contributed by atoms with van der Waals surface area (Å²) in [6.45, 7) is 16.6. The van der Waals surface area contributed by atoms with Crippen LogP contribution < -0.4 is 0 Å². The van der Waals surface area contributed by atoms with E-state index in [1.165, 1.54) is 18.2 Å². The van der Waals surface area contributed by atoms with Gasteiger partial charge in [0.15, 0.2) is 0 Å². The molecule has 0 aliphatic rings. The van der Waals surface area contributed by atoms with Crippen LogP contribution >= 0.6 is 0 Å². The van der Waals surface area contributed by atoms with Crippen LogP contribution in [0.1, 0.15) is 77.6 Å². The van der Waals surface area contributed by atoms with Crippen LogP contribution in [0.5, 0.6) is 5.75 Å². The van der Waals surface area contributed by atoms with Crippen molar-refractivity contribution in [2.75, 3.05) is 6.61 Å². The van der Waals surface area contributed by atoms with Crippen molar-refractivity contribution in [2.24, 2.45) is 5.92 Å². The number of nitriles is 1. The van der Waals surface area contributed by atoms with E-state index in [-0.39, 0.29) is 26.4 Å². The standard InChI is InChI=1S/C29H37NO4S/c1-20(2)19-34-14-13-21-9-11-23(12-10-21)35(32,33)24(18-30)15-22-16-25(28(3,4)5)27(31)26(17-22)29(6,7)8/h9-17,20,31H,19H2,1-8H3/b14-13+,24-15-. The number of rotatable bonds is 7. The van der Waals surface area contributed by atoms with E-state index in [9.17, 15) is 18.8 Å². The molecule has 35 heavy (non-hydrogen) atoms. The number of phenols is 1. The minimum Gasteiger partial charge on any atom is -0.507 e. The monoisotopic (exact) mass is 495 g/mol. The van der Waals surface area contributed by atoms with Crippen LogP contribution in [-0.4, -0.2) is 20.1 Å². The van der Waals surface area contributed by atoms with Crippen LogP contribution in [0.25, 0.3) is 12.2 Å². The molecule has 188 valence electrons. The summed E-state index contributed by atoms with van der Waals surface area (Å²) in [7, 11) is -4.03. The maximum absolute atomic E-state index is 13.3. The van der Waals surface area contributed by atoms with Gasteiger partial charge < -0.3 is 9.84 Å². The summed E-state index contributed by atoms with van der Waals surface area (Å²) >= 11 is 0.